The van der Waals surface area contributed by atoms with E-state index in [1.807, 2.05) is 29.2 Å². The van der Waals surface area contributed by atoms with E-state index in [1.165, 1.54) is 0 Å². The maximum Gasteiger partial charge on any atom is 0.239 e. The Morgan fingerprint density at radius 2 is 1.77 bits per heavy atom. The van der Waals surface area contributed by atoms with Crippen molar-refractivity contribution in [3.05, 3.63) is 90.0 Å². The van der Waals surface area contributed by atoms with E-state index in [-0.39, 0.29) is 5.75 Å². The summed E-state index contributed by atoms with van der Waals surface area (Å²) in [5, 5.41) is 9.82. The van der Waals surface area contributed by atoms with E-state index >= 15 is 0 Å². The number of aromatic hydroxyl groups is 1. The molecule has 6 heteroatoms. The molecule has 26 heavy (non-hydrogen) atoms. The number of carbonyl (C=O) groups is 1. The third-order valence-electron chi connectivity index (χ3n) is 4.06. The Morgan fingerprint density at radius 3 is 2.42 bits per heavy atom. The van der Waals surface area contributed by atoms with Crippen molar-refractivity contribution in [2.24, 2.45) is 5.73 Å². The van der Waals surface area contributed by atoms with Crippen LogP contribution in [0.4, 0.5) is 0 Å². The first-order valence-electron chi connectivity index (χ1n) is 8.23. The third-order valence-corrected chi connectivity index (χ3v) is 4.06. The van der Waals surface area contributed by atoms with Crippen LogP contribution in [-0.4, -0.2) is 25.9 Å². The molecular formula is C20H20N4O2. The lowest BCUT2D eigenvalue weighted by atomic mass is 10.0. The third kappa shape index (κ3) is 4.43. The minimum absolute atomic E-state index is 0.0963. The minimum Gasteiger partial charge on any atom is -0.508 e. The van der Waals surface area contributed by atoms with Crippen LogP contribution in [0.1, 0.15) is 22.7 Å². The zero-order chi connectivity index (χ0) is 18.4. The number of nitrogens with zero attached hydrogens (tertiary/aromatic N) is 3. The molecule has 2 heterocycles. The molecule has 3 aromatic rings. The molecule has 0 saturated carbocycles. The smallest absolute Gasteiger partial charge is 0.239 e. The second kappa shape index (κ2) is 8.22. The number of nitrogens with two attached hydrogens (primary N) is 1. The maximum atomic E-state index is 12.3. The van der Waals surface area contributed by atoms with Gasteiger partial charge in [-0.2, -0.15) is 0 Å². The van der Waals surface area contributed by atoms with Crippen LogP contribution < -0.4 is 5.73 Å². The molecule has 1 atom stereocenters. The molecule has 132 valence electrons. The summed E-state index contributed by atoms with van der Waals surface area (Å²) < 4.78 is 0. The van der Waals surface area contributed by atoms with Crippen LogP contribution in [0.2, 0.25) is 0 Å². The summed E-state index contributed by atoms with van der Waals surface area (Å²) in [4.78, 5) is 22.4. The molecule has 1 aromatic carbocycles. The van der Waals surface area contributed by atoms with Gasteiger partial charge in [0.1, 0.15) is 11.8 Å². The van der Waals surface area contributed by atoms with Gasteiger partial charge in [-0.25, -0.2) is 0 Å². The predicted molar refractivity (Wildman–Crippen MR) is 97.8 cm³/mol. The van der Waals surface area contributed by atoms with E-state index in [0.29, 0.717) is 18.7 Å². The number of rotatable bonds is 7. The fraction of sp³-hybridized carbons (Fsp3) is 0.150. The van der Waals surface area contributed by atoms with Gasteiger partial charge >= 0.3 is 0 Å². The van der Waals surface area contributed by atoms with Crippen LogP contribution in [0.5, 0.6) is 5.75 Å². The molecular weight excluding hydrogens is 328 g/mol. The first-order chi connectivity index (χ1) is 12.6. The average molecular weight is 348 g/mol. The van der Waals surface area contributed by atoms with Crippen molar-refractivity contribution in [1.82, 2.24) is 14.9 Å². The first kappa shape index (κ1) is 17.6. The van der Waals surface area contributed by atoms with Crippen LogP contribution in [0, 0.1) is 0 Å². The van der Waals surface area contributed by atoms with Crippen molar-refractivity contribution < 1.29 is 9.90 Å². The molecule has 0 bridgehead atoms. The van der Waals surface area contributed by atoms with E-state index in [2.05, 4.69) is 9.97 Å². The van der Waals surface area contributed by atoms with Crippen molar-refractivity contribution >= 4 is 5.91 Å². The van der Waals surface area contributed by atoms with Gasteiger partial charge in [-0.05, 0) is 47.0 Å². The second-order valence-electron chi connectivity index (χ2n) is 6.02. The van der Waals surface area contributed by atoms with Gasteiger partial charge in [0.25, 0.3) is 0 Å². The number of hydrogen-bond acceptors (Lipinski definition) is 5. The average Bonchev–Trinajstić information content (AvgIpc) is 2.63. The Labute approximate surface area is 152 Å². The lowest BCUT2D eigenvalue weighted by molar-refractivity contribution is -0.124. The summed E-state index contributed by atoms with van der Waals surface area (Å²) in [6.45, 7) is 0.986. The summed E-state index contributed by atoms with van der Waals surface area (Å²) in [7, 11) is 0. The summed E-state index contributed by atoms with van der Waals surface area (Å²) >= 11 is 0. The number of primary amides is 1. The largest absolute Gasteiger partial charge is 0.508 e. The summed E-state index contributed by atoms with van der Waals surface area (Å²) in [6.07, 6.45) is 6.90. The summed E-state index contributed by atoms with van der Waals surface area (Å²) in [5.41, 5.74) is 8.36. The fourth-order valence-corrected chi connectivity index (χ4v) is 2.94. The van der Waals surface area contributed by atoms with Gasteiger partial charge in [0.2, 0.25) is 5.91 Å². The Hall–Kier alpha value is -3.25. The molecule has 0 spiro atoms. The van der Waals surface area contributed by atoms with E-state index in [9.17, 15) is 9.90 Å². The van der Waals surface area contributed by atoms with Crippen LogP contribution in [0.15, 0.2) is 73.3 Å². The first-order valence-corrected chi connectivity index (χ1v) is 8.23. The number of benzene rings is 1. The number of pyridine rings is 2. The normalized spacial score (nSPS) is 12.0. The molecule has 3 rings (SSSR count). The topological polar surface area (TPSA) is 92.3 Å². The lowest BCUT2D eigenvalue weighted by Gasteiger charge is -2.30. The molecule has 3 N–H and O–H groups in total. The van der Waals surface area contributed by atoms with Crippen LogP contribution in [0.3, 0.4) is 0 Å². The van der Waals surface area contributed by atoms with Crippen molar-refractivity contribution in [3.8, 4) is 5.75 Å². The Balaban J connectivity index is 1.97. The zero-order valence-electron chi connectivity index (χ0n) is 14.2. The van der Waals surface area contributed by atoms with Gasteiger partial charge in [-0.1, -0.05) is 18.2 Å². The highest BCUT2D eigenvalue weighted by Gasteiger charge is 2.26. The Morgan fingerprint density at radius 1 is 1.00 bits per heavy atom. The van der Waals surface area contributed by atoms with Gasteiger partial charge < -0.3 is 10.8 Å². The van der Waals surface area contributed by atoms with Crippen molar-refractivity contribution in [1.29, 1.82) is 0 Å². The molecule has 0 fully saturated rings. The zero-order valence-corrected chi connectivity index (χ0v) is 14.2. The number of amides is 1. The monoisotopic (exact) mass is 348 g/mol. The van der Waals surface area contributed by atoms with Gasteiger partial charge in [0, 0.05) is 37.9 Å². The van der Waals surface area contributed by atoms with Gasteiger partial charge in [-0.15, -0.1) is 0 Å². The van der Waals surface area contributed by atoms with Crippen LogP contribution in [-0.2, 0) is 17.9 Å². The number of hydrogen-bond donors (Lipinski definition) is 2. The van der Waals surface area contributed by atoms with Gasteiger partial charge in [0.05, 0.1) is 0 Å². The highest BCUT2D eigenvalue weighted by molar-refractivity contribution is 5.81. The Bertz CT molecular complexity index is 814. The van der Waals surface area contributed by atoms with Crippen molar-refractivity contribution in [2.45, 2.75) is 19.1 Å². The molecule has 0 saturated heterocycles. The molecule has 1 amide bonds. The number of phenols is 1. The van der Waals surface area contributed by atoms with Crippen molar-refractivity contribution in [2.75, 3.05) is 0 Å². The van der Waals surface area contributed by atoms with E-state index < -0.39 is 11.9 Å². The quantitative estimate of drug-likeness (QED) is 0.684. The highest BCUT2D eigenvalue weighted by atomic mass is 16.3. The summed E-state index contributed by atoms with van der Waals surface area (Å²) in [6, 6.07) is 13.5. The molecule has 0 radical (unpaired) electrons. The van der Waals surface area contributed by atoms with Crippen LogP contribution in [0.25, 0.3) is 0 Å². The Kier molecular flexibility index (Phi) is 5.56. The molecule has 6 nitrogen and oxygen atoms in total. The molecule has 2 aromatic heterocycles. The van der Waals surface area contributed by atoms with Crippen LogP contribution >= 0.6 is 0 Å². The fourth-order valence-electron chi connectivity index (χ4n) is 2.94. The van der Waals surface area contributed by atoms with Crippen molar-refractivity contribution in [3.63, 3.8) is 0 Å². The van der Waals surface area contributed by atoms with Gasteiger partial charge in [-0.3, -0.25) is 19.7 Å². The molecule has 0 aliphatic rings. The summed E-state index contributed by atoms with van der Waals surface area (Å²) in [5.74, 6) is -0.382. The number of carbonyl (C=O) groups excluding carboxylic acids is 1. The number of aromatic nitrogens is 2. The van der Waals surface area contributed by atoms with E-state index in [0.717, 1.165) is 11.1 Å². The van der Waals surface area contributed by atoms with E-state index in [1.54, 1.807) is 49.1 Å². The lowest BCUT2D eigenvalue weighted by Crippen LogP contribution is -2.37. The second-order valence-corrected chi connectivity index (χ2v) is 6.02. The number of phenolic OH excluding ortho intramolecular Hbond substituents is 1. The predicted octanol–water partition coefficient (Wildman–Crippen LogP) is 2.41. The molecule has 1 unspecified atom stereocenters. The highest BCUT2D eigenvalue weighted by Crippen LogP contribution is 2.27. The minimum atomic E-state index is -0.685. The SMILES string of the molecule is NC(=O)C(c1cccc(O)c1)N(Cc1ccncc1)Cc1cccnc1. The standard InChI is InChI=1S/C20H20N4O2/c21-20(26)19(17-4-1-5-18(25)11-17)24(13-15-6-9-22-10-7-15)14-16-3-2-8-23-12-16/h1-12,19,25H,13-14H2,(H2,21,26). The molecule has 0 aliphatic carbocycles. The molecule has 0 aliphatic heterocycles. The van der Waals surface area contributed by atoms with Gasteiger partial charge in [0.15, 0.2) is 0 Å². The maximum absolute atomic E-state index is 12.3. The van der Waals surface area contributed by atoms with E-state index in [4.69, 9.17) is 5.73 Å².